The van der Waals surface area contributed by atoms with Crippen LogP contribution in [0.1, 0.15) is 12.6 Å². The molecular formula is C18H22N4O4S2. The summed E-state index contributed by atoms with van der Waals surface area (Å²) in [6.45, 7) is 3.75. The van der Waals surface area contributed by atoms with E-state index in [-0.39, 0.29) is 23.1 Å². The average molecular weight is 423 g/mol. The van der Waals surface area contributed by atoms with Crippen molar-refractivity contribution in [3.63, 3.8) is 0 Å². The summed E-state index contributed by atoms with van der Waals surface area (Å²) in [7, 11) is -3.23. The molecule has 0 unspecified atom stereocenters. The van der Waals surface area contributed by atoms with Gasteiger partial charge in [0, 0.05) is 50.4 Å². The molecule has 0 bridgehead atoms. The Labute approximate surface area is 168 Å². The third-order valence-electron chi connectivity index (χ3n) is 4.50. The van der Waals surface area contributed by atoms with Gasteiger partial charge in [0.25, 0.3) is 0 Å². The maximum Gasteiger partial charge on any atom is 0.228 e. The third kappa shape index (κ3) is 5.08. The second kappa shape index (κ2) is 8.27. The Balaban J connectivity index is 1.55. The molecule has 10 heteroatoms. The van der Waals surface area contributed by atoms with Gasteiger partial charge in [-0.3, -0.25) is 9.59 Å². The number of nitrogens with one attached hydrogen (secondary N) is 1. The lowest BCUT2D eigenvalue weighted by atomic mass is 10.2. The van der Waals surface area contributed by atoms with Gasteiger partial charge in [-0.2, -0.15) is 0 Å². The monoisotopic (exact) mass is 422 g/mol. The predicted molar refractivity (Wildman–Crippen MR) is 107 cm³/mol. The minimum absolute atomic E-state index is 0.00226. The number of hydrogen-bond acceptors (Lipinski definition) is 7. The fraction of sp³-hybridized carbons (Fsp3) is 0.389. The average Bonchev–Trinajstić information content (AvgIpc) is 3.08. The highest BCUT2D eigenvalue weighted by atomic mass is 32.2. The van der Waals surface area contributed by atoms with Gasteiger partial charge >= 0.3 is 0 Å². The lowest BCUT2D eigenvalue weighted by molar-refractivity contribution is -0.138. The van der Waals surface area contributed by atoms with Crippen molar-refractivity contribution >= 4 is 43.8 Å². The van der Waals surface area contributed by atoms with Gasteiger partial charge in [-0.05, 0) is 24.3 Å². The van der Waals surface area contributed by atoms with Gasteiger partial charge in [0.2, 0.25) is 11.8 Å². The molecule has 0 atom stereocenters. The Bertz CT molecular complexity index is 962. The van der Waals surface area contributed by atoms with Crippen LogP contribution in [-0.2, 0) is 25.8 Å². The summed E-state index contributed by atoms with van der Waals surface area (Å²) >= 11 is 1.38. The number of hydrogen-bond donors (Lipinski definition) is 1. The van der Waals surface area contributed by atoms with E-state index in [1.807, 2.05) is 5.38 Å². The smallest absolute Gasteiger partial charge is 0.228 e. The maximum atomic E-state index is 12.5. The summed E-state index contributed by atoms with van der Waals surface area (Å²) in [5.41, 5.74) is 1.40. The molecule has 0 aliphatic carbocycles. The van der Waals surface area contributed by atoms with E-state index in [4.69, 9.17) is 0 Å². The summed E-state index contributed by atoms with van der Waals surface area (Å²) in [5, 5.41) is 5.58. The second-order valence-electron chi connectivity index (χ2n) is 6.63. The molecule has 1 aliphatic heterocycles. The first kappa shape index (κ1) is 20.3. The van der Waals surface area contributed by atoms with Crippen LogP contribution in [0, 0.1) is 0 Å². The lowest BCUT2D eigenvalue weighted by Crippen LogP contribution is -2.50. The minimum atomic E-state index is -3.23. The van der Waals surface area contributed by atoms with Crippen LogP contribution in [0.3, 0.4) is 0 Å². The largest absolute Gasteiger partial charge is 0.339 e. The van der Waals surface area contributed by atoms with Crippen molar-refractivity contribution < 1.29 is 18.0 Å². The Morgan fingerprint density at radius 3 is 2.29 bits per heavy atom. The van der Waals surface area contributed by atoms with Crippen LogP contribution in [-0.4, -0.2) is 67.5 Å². The van der Waals surface area contributed by atoms with Crippen LogP contribution < -0.4 is 5.32 Å². The number of benzene rings is 1. The number of amides is 2. The third-order valence-corrected chi connectivity index (χ3v) is 6.43. The van der Waals surface area contributed by atoms with Crippen molar-refractivity contribution in [2.45, 2.75) is 18.2 Å². The molecule has 1 aromatic carbocycles. The summed E-state index contributed by atoms with van der Waals surface area (Å²) in [4.78, 5) is 32.0. The van der Waals surface area contributed by atoms with Crippen LogP contribution in [0.15, 0.2) is 34.5 Å². The molecule has 1 N–H and O–H groups in total. The van der Waals surface area contributed by atoms with E-state index in [0.29, 0.717) is 37.0 Å². The Kier molecular flexibility index (Phi) is 5.99. The Morgan fingerprint density at radius 1 is 1.11 bits per heavy atom. The van der Waals surface area contributed by atoms with Gasteiger partial charge in [0.05, 0.1) is 17.0 Å². The lowest BCUT2D eigenvalue weighted by Gasteiger charge is -2.34. The van der Waals surface area contributed by atoms with Crippen LogP contribution in [0.4, 0.5) is 10.8 Å². The quantitative estimate of drug-likeness (QED) is 0.784. The van der Waals surface area contributed by atoms with Crippen molar-refractivity contribution in [3.8, 4) is 0 Å². The molecule has 150 valence electrons. The summed E-state index contributed by atoms with van der Waals surface area (Å²) in [5.74, 6) is 0.0319. The van der Waals surface area contributed by atoms with Crippen LogP contribution in [0.2, 0.25) is 0 Å². The van der Waals surface area contributed by atoms with Crippen molar-refractivity contribution in [1.29, 1.82) is 0 Å². The SMILES string of the molecule is CC(=O)N1CCN(C(=O)Cc2csc(Nc3ccc(S(C)(=O)=O)cc3)n2)CC1. The molecule has 1 aromatic heterocycles. The molecule has 1 aliphatic rings. The first-order valence-corrected chi connectivity index (χ1v) is 11.5. The summed E-state index contributed by atoms with van der Waals surface area (Å²) in [6.07, 6.45) is 1.38. The van der Waals surface area contributed by atoms with E-state index in [1.165, 1.54) is 36.6 Å². The van der Waals surface area contributed by atoms with Gasteiger partial charge in [-0.1, -0.05) is 0 Å². The molecule has 28 heavy (non-hydrogen) atoms. The fourth-order valence-electron chi connectivity index (χ4n) is 2.89. The number of carbonyl (C=O) groups is 2. The molecule has 0 radical (unpaired) electrons. The first-order valence-electron chi connectivity index (χ1n) is 8.77. The predicted octanol–water partition coefficient (Wildman–Crippen LogP) is 1.52. The summed E-state index contributed by atoms with van der Waals surface area (Å²) < 4.78 is 23.0. The second-order valence-corrected chi connectivity index (χ2v) is 9.50. The van der Waals surface area contributed by atoms with E-state index in [1.54, 1.807) is 21.9 Å². The fourth-order valence-corrected chi connectivity index (χ4v) is 4.25. The zero-order valence-electron chi connectivity index (χ0n) is 15.7. The van der Waals surface area contributed by atoms with E-state index >= 15 is 0 Å². The van der Waals surface area contributed by atoms with E-state index in [2.05, 4.69) is 10.3 Å². The van der Waals surface area contributed by atoms with Crippen molar-refractivity contribution in [2.75, 3.05) is 37.8 Å². The van der Waals surface area contributed by atoms with Crippen LogP contribution >= 0.6 is 11.3 Å². The number of carbonyl (C=O) groups excluding carboxylic acids is 2. The van der Waals surface area contributed by atoms with Gasteiger partial charge in [0.1, 0.15) is 0 Å². The minimum Gasteiger partial charge on any atom is -0.339 e. The van der Waals surface area contributed by atoms with Crippen LogP contribution in [0.25, 0.3) is 0 Å². The van der Waals surface area contributed by atoms with E-state index in [0.717, 1.165) is 5.69 Å². The summed E-state index contributed by atoms with van der Waals surface area (Å²) in [6, 6.07) is 6.43. The highest BCUT2D eigenvalue weighted by molar-refractivity contribution is 7.90. The molecule has 2 heterocycles. The van der Waals surface area contributed by atoms with Gasteiger partial charge < -0.3 is 15.1 Å². The number of rotatable bonds is 5. The number of thiazole rings is 1. The van der Waals surface area contributed by atoms with Gasteiger partial charge in [-0.15, -0.1) is 11.3 Å². The number of aromatic nitrogens is 1. The zero-order valence-corrected chi connectivity index (χ0v) is 17.3. The standard InChI is InChI=1S/C18H22N4O4S2/c1-13(23)21-7-9-22(10-8-21)17(24)11-15-12-27-18(20-15)19-14-3-5-16(6-4-14)28(2,25)26/h3-6,12H,7-11H2,1-2H3,(H,19,20). The molecule has 1 fully saturated rings. The van der Waals surface area contributed by atoms with Crippen LogP contribution in [0.5, 0.6) is 0 Å². The molecule has 2 amide bonds. The van der Waals surface area contributed by atoms with Crippen molar-refractivity contribution in [3.05, 3.63) is 35.3 Å². The molecule has 0 saturated carbocycles. The number of piperazine rings is 1. The zero-order chi connectivity index (χ0) is 20.3. The highest BCUT2D eigenvalue weighted by Gasteiger charge is 2.23. The first-order chi connectivity index (χ1) is 13.2. The molecule has 0 spiro atoms. The van der Waals surface area contributed by atoms with Crippen molar-refractivity contribution in [2.24, 2.45) is 0 Å². The number of nitrogens with zero attached hydrogens (tertiary/aromatic N) is 3. The number of anilines is 2. The molecule has 3 rings (SSSR count). The van der Waals surface area contributed by atoms with E-state index in [9.17, 15) is 18.0 Å². The molecular weight excluding hydrogens is 400 g/mol. The molecule has 8 nitrogen and oxygen atoms in total. The normalized spacial score (nSPS) is 14.8. The Hall–Kier alpha value is -2.46. The molecule has 2 aromatic rings. The van der Waals surface area contributed by atoms with Gasteiger partial charge in [-0.25, -0.2) is 13.4 Å². The van der Waals surface area contributed by atoms with E-state index < -0.39 is 9.84 Å². The number of sulfone groups is 1. The van der Waals surface area contributed by atoms with Crippen molar-refractivity contribution in [1.82, 2.24) is 14.8 Å². The maximum absolute atomic E-state index is 12.5. The topological polar surface area (TPSA) is 99.7 Å². The molecule has 1 saturated heterocycles. The van der Waals surface area contributed by atoms with Gasteiger partial charge in [0.15, 0.2) is 15.0 Å². The highest BCUT2D eigenvalue weighted by Crippen LogP contribution is 2.23. The Morgan fingerprint density at radius 2 is 1.71 bits per heavy atom.